The quantitative estimate of drug-likeness (QED) is 0.820. The molecule has 5 heteroatoms. The van der Waals surface area contributed by atoms with E-state index in [2.05, 4.69) is 15.9 Å². The van der Waals surface area contributed by atoms with E-state index in [-0.39, 0.29) is 11.8 Å². The number of unbranched alkanes of at least 4 members (excludes halogenated alkanes) is 1. The van der Waals surface area contributed by atoms with Crippen LogP contribution in [0.4, 0.5) is 0 Å². The standard InChI is InChI=1S/C12H18BrNO2S/c1-10(14)6-4-5-9-17(15,16)12-8-3-2-7-11(12)13/h2-3,7-8,10H,4-6,9,14H2,1H3. The van der Waals surface area contributed by atoms with Gasteiger partial charge in [-0.3, -0.25) is 0 Å². The summed E-state index contributed by atoms with van der Waals surface area (Å²) in [4.78, 5) is 0.376. The van der Waals surface area contributed by atoms with Crippen LogP contribution in [0.1, 0.15) is 26.2 Å². The highest BCUT2D eigenvalue weighted by molar-refractivity contribution is 9.10. The van der Waals surface area contributed by atoms with Crippen molar-refractivity contribution in [3.63, 3.8) is 0 Å². The first-order valence-corrected chi connectivity index (χ1v) is 8.11. The number of benzene rings is 1. The summed E-state index contributed by atoms with van der Waals surface area (Å²) in [5.41, 5.74) is 5.62. The lowest BCUT2D eigenvalue weighted by Gasteiger charge is -2.07. The molecule has 0 bridgehead atoms. The molecule has 0 saturated carbocycles. The van der Waals surface area contributed by atoms with E-state index in [1.807, 2.05) is 6.92 Å². The average Bonchev–Trinajstić information content (AvgIpc) is 2.24. The molecule has 0 radical (unpaired) electrons. The van der Waals surface area contributed by atoms with Crippen LogP contribution in [-0.2, 0) is 9.84 Å². The van der Waals surface area contributed by atoms with Crippen molar-refractivity contribution in [1.82, 2.24) is 0 Å². The molecule has 1 aromatic carbocycles. The predicted octanol–water partition coefficient (Wildman–Crippen LogP) is 2.74. The second-order valence-corrected chi connectivity index (χ2v) is 7.15. The van der Waals surface area contributed by atoms with Crippen molar-refractivity contribution in [3.05, 3.63) is 28.7 Å². The Kier molecular flexibility index (Phi) is 5.62. The molecule has 1 unspecified atom stereocenters. The summed E-state index contributed by atoms with van der Waals surface area (Å²) in [5, 5.41) is 0. The third-order valence-corrected chi connectivity index (χ3v) is 5.30. The van der Waals surface area contributed by atoms with Gasteiger partial charge < -0.3 is 5.73 Å². The van der Waals surface area contributed by atoms with Crippen molar-refractivity contribution < 1.29 is 8.42 Å². The lowest BCUT2D eigenvalue weighted by molar-refractivity contribution is 0.580. The van der Waals surface area contributed by atoms with Gasteiger partial charge in [-0.15, -0.1) is 0 Å². The van der Waals surface area contributed by atoms with Crippen LogP contribution in [0, 0.1) is 0 Å². The highest BCUT2D eigenvalue weighted by Gasteiger charge is 2.16. The summed E-state index contributed by atoms with van der Waals surface area (Å²) < 4.78 is 24.7. The number of rotatable bonds is 6. The molecular weight excluding hydrogens is 302 g/mol. The van der Waals surface area contributed by atoms with Crippen LogP contribution in [0.25, 0.3) is 0 Å². The van der Waals surface area contributed by atoms with Crippen LogP contribution < -0.4 is 5.73 Å². The summed E-state index contributed by atoms with van der Waals surface area (Å²) in [6.45, 7) is 1.93. The molecule has 0 aliphatic rings. The lowest BCUT2D eigenvalue weighted by atomic mass is 10.2. The van der Waals surface area contributed by atoms with Gasteiger partial charge >= 0.3 is 0 Å². The molecule has 0 aliphatic heterocycles. The van der Waals surface area contributed by atoms with E-state index < -0.39 is 9.84 Å². The second kappa shape index (κ2) is 6.52. The van der Waals surface area contributed by atoms with Crippen molar-refractivity contribution in [3.8, 4) is 0 Å². The van der Waals surface area contributed by atoms with Gasteiger partial charge in [0.2, 0.25) is 0 Å². The Morgan fingerprint density at radius 2 is 1.94 bits per heavy atom. The van der Waals surface area contributed by atoms with Gasteiger partial charge in [-0.25, -0.2) is 8.42 Å². The van der Waals surface area contributed by atoms with Gasteiger partial charge in [0.1, 0.15) is 0 Å². The van der Waals surface area contributed by atoms with E-state index in [4.69, 9.17) is 5.73 Å². The molecule has 0 spiro atoms. The molecule has 17 heavy (non-hydrogen) atoms. The highest BCUT2D eigenvalue weighted by atomic mass is 79.9. The first-order valence-electron chi connectivity index (χ1n) is 5.66. The molecule has 3 nitrogen and oxygen atoms in total. The molecule has 0 aromatic heterocycles. The van der Waals surface area contributed by atoms with Gasteiger partial charge in [0.25, 0.3) is 0 Å². The first-order chi connectivity index (χ1) is 7.93. The fourth-order valence-electron chi connectivity index (χ4n) is 1.57. The molecule has 0 heterocycles. The van der Waals surface area contributed by atoms with E-state index in [1.54, 1.807) is 24.3 Å². The van der Waals surface area contributed by atoms with Crippen molar-refractivity contribution in [1.29, 1.82) is 0 Å². The Labute approximate surface area is 111 Å². The van der Waals surface area contributed by atoms with Crippen LogP contribution >= 0.6 is 15.9 Å². The molecule has 0 amide bonds. The zero-order chi connectivity index (χ0) is 12.9. The van der Waals surface area contributed by atoms with Crippen molar-refractivity contribution in [2.45, 2.75) is 37.1 Å². The first kappa shape index (κ1) is 14.7. The molecule has 0 saturated heterocycles. The maximum absolute atomic E-state index is 12.0. The minimum absolute atomic E-state index is 0.140. The van der Waals surface area contributed by atoms with E-state index >= 15 is 0 Å². The third kappa shape index (κ3) is 4.77. The fourth-order valence-corrected chi connectivity index (χ4v) is 4.05. The lowest BCUT2D eigenvalue weighted by Crippen LogP contribution is -2.15. The molecule has 0 aliphatic carbocycles. The van der Waals surface area contributed by atoms with Crippen LogP contribution in [0.5, 0.6) is 0 Å². The van der Waals surface area contributed by atoms with E-state index in [0.29, 0.717) is 15.8 Å². The predicted molar refractivity (Wildman–Crippen MR) is 73.7 cm³/mol. The Balaban J connectivity index is 2.61. The van der Waals surface area contributed by atoms with Crippen molar-refractivity contribution in [2.24, 2.45) is 5.73 Å². The number of hydrogen-bond acceptors (Lipinski definition) is 3. The van der Waals surface area contributed by atoms with E-state index in [1.165, 1.54) is 0 Å². The SMILES string of the molecule is CC(N)CCCCS(=O)(=O)c1ccccc1Br. The third-order valence-electron chi connectivity index (χ3n) is 2.49. The second-order valence-electron chi connectivity index (χ2n) is 4.22. The fraction of sp³-hybridized carbons (Fsp3) is 0.500. The number of halogens is 1. The largest absolute Gasteiger partial charge is 0.328 e. The van der Waals surface area contributed by atoms with E-state index in [9.17, 15) is 8.42 Å². The Morgan fingerprint density at radius 1 is 1.29 bits per heavy atom. The van der Waals surface area contributed by atoms with Gasteiger partial charge in [-0.05, 0) is 47.8 Å². The van der Waals surface area contributed by atoms with Gasteiger partial charge in [-0.2, -0.15) is 0 Å². The average molecular weight is 320 g/mol. The highest BCUT2D eigenvalue weighted by Crippen LogP contribution is 2.23. The monoisotopic (exact) mass is 319 g/mol. The van der Waals surface area contributed by atoms with Crippen LogP contribution in [0.2, 0.25) is 0 Å². The minimum Gasteiger partial charge on any atom is -0.328 e. The number of hydrogen-bond donors (Lipinski definition) is 1. The number of nitrogens with two attached hydrogens (primary N) is 1. The van der Waals surface area contributed by atoms with Gasteiger partial charge in [0.15, 0.2) is 9.84 Å². The maximum atomic E-state index is 12.0. The van der Waals surface area contributed by atoms with Gasteiger partial charge in [-0.1, -0.05) is 18.6 Å². The molecule has 1 rings (SSSR count). The Hall–Kier alpha value is -0.390. The molecule has 1 aromatic rings. The summed E-state index contributed by atoms with van der Waals surface area (Å²) in [6.07, 6.45) is 2.37. The normalized spacial score (nSPS) is 13.6. The maximum Gasteiger partial charge on any atom is 0.179 e. The molecule has 1 atom stereocenters. The zero-order valence-corrected chi connectivity index (χ0v) is 12.3. The number of sulfone groups is 1. The smallest absolute Gasteiger partial charge is 0.179 e. The molecular formula is C12H18BrNO2S. The summed E-state index contributed by atoms with van der Waals surface area (Å²) in [6, 6.07) is 7.06. The summed E-state index contributed by atoms with van der Waals surface area (Å²) >= 11 is 3.27. The topological polar surface area (TPSA) is 60.2 Å². The van der Waals surface area contributed by atoms with Crippen LogP contribution in [0.15, 0.2) is 33.6 Å². The van der Waals surface area contributed by atoms with Crippen molar-refractivity contribution >= 4 is 25.8 Å². The summed E-state index contributed by atoms with van der Waals surface area (Å²) in [7, 11) is -3.18. The zero-order valence-electron chi connectivity index (χ0n) is 9.90. The Bertz CT molecular complexity index is 457. The molecule has 96 valence electrons. The minimum atomic E-state index is -3.18. The van der Waals surface area contributed by atoms with Crippen LogP contribution in [0.3, 0.4) is 0 Å². The van der Waals surface area contributed by atoms with Gasteiger partial charge in [0, 0.05) is 10.5 Å². The van der Waals surface area contributed by atoms with Gasteiger partial charge in [0.05, 0.1) is 10.6 Å². The molecule has 2 N–H and O–H groups in total. The van der Waals surface area contributed by atoms with E-state index in [0.717, 1.165) is 12.8 Å². The summed E-state index contributed by atoms with van der Waals surface area (Å²) in [5.74, 6) is 0.183. The Morgan fingerprint density at radius 3 is 2.53 bits per heavy atom. The molecule has 0 fully saturated rings. The van der Waals surface area contributed by atoms with Crippen LogP contribution in [-0.4, -0.2) is 20.2 Å². The van der Waals surface area contributed by atoms with Crippen molar-refractivity contribution in [2.75, 3.05) is 5.75 Å².